The maximum atomic E-state index is 5.31. The van der Waals surface area contributed by atoms with Crippen molar-refractivity contribution in [1.29, 1.82) is 0 Å². The number of hydrogen-bond acceptors (Lipinski definition) is 3. The average Bonchev–Trinajstić information content (AvgIpc) is 2.17. The first-order chi connectivity index (χ1) is 7.17. The number of rotatable bonds is 5. The van der Waals surface area contributed by atoms with Crippen molar-refractivity contribution in [3.8, 4) is 0 Å². The molecule has 1 aromatic rings. The Hall–Kier alpha value is -0.900. The second-order valence-electron chi connectivity index (χ2n) is 3.10. The Labute approximate surface area is 98.7 Å². The first-order valence-corrected chi connectivity index (χ1v) is 5.82. The van der Waals surface area contributed by atoms with Crippen molar-refractivity contribution in [3.63, 3.8) is 0 Å². The summed E-state index contributed by atoms with van der Waals surface area (Å²) in [6, 6.07) is 1.82. The first-order valence-electron chi connectivity index (χ1n) is 5.02. The molecule has 0 unspecified atom stereocenters. The third-order valence-corrected chi connectivity index (χ3v) is 2.23. The van der Waals surface area contributed by atoms with Crippen LogP contribution in [-0.2, 0) is 11.2 Å². The Morgan fingerprint density at radius 3 is 2.80 bits per heavy atom. The van der Waals surface area contributed by atoms with Gasteiger partial charge in [0.2, 0.25) is 0 Å². The molecule has 0 aromatic carbocycles. The van der Waals surface area contributed by atoms with Gasteiger partial charge in [-0.1, -0.05) is 13.5 Å². The van der Waals surface area contributed by atoms with Gasteiger partial charge in [0.1, 0.15) is 21.9 Å². The van der Waals surface area contributed by atoms with Crippen LogP contribution in [0.2, 0.25) is 0 Å². The van der Waals surface area contributed by atoms with Crippen molar-refractivity contribution >= 4 is 21.7 Å². The topological polar surface area (TPSA) is 35.0 Å². The lowest BCUT2D eigenvalue weighted by molar-refractivity contribution is 0.297. The fourth-order valence-electron chi connectivity index (χ4n) is 1.19. The van der Waals surface area contributed by atoms with Crippen molar-refractivity contribution in [2.75, 3.05) is 6.61 Å². The minimum atomic E-state index is 0.595. The quantitative estimate of drug-likeness (QED) is 0.609. The SMILES string of the molecule is C=C(OCC)c1cc(Br)nc(CCC)n1. The molecule has 0 saturated heterocycles. The maximum absolute atomic E-state index is 5.31. The molecule has 0 aliphatic heterocycles. The van der Waals surface area contributed by atoms with E-state index in [0.29, 0.717) is 12.4 Å². The summed E-state index contributed by atoms with van der Waals surface area (Å²) in [6.07, 6.45) is 1.89. The normalized spacial score (nSPS) is 10.1. The van der Waals surface area contributed by atoms with Crippen LogP contribution in [0, 0.1) is 0 Å². The highest BCUT2D eigenvalue weighted by molar-refractivity contribution is 9.10. The summed E-state index contributed by atoms with van der Waals surface area (Å²) in [5, 5.41) is 0. The van der Waals surface area contributed by atoms with Crippen molar-refractivity contribution < 1.29 is 4.74 Å². The zero-order chi connectivity index (χ0) is 11.3. The number of halogens is 1. The van der Waals surface area contributed by atoms with Crippen LogP contribution in [0.5, 0.6) is 0 Å². The largest absolute Gasteiger partial charge is 0.492 e. The molecular formula is C11H15BrN2O. The zero-order valence-corrected chi connectivity index (χ0v) is 10.7. The Morgan fingerprint density at radius 2 is 2.20 bits per heavy atom. The molecule has 3 nitrogen and oxygen atoms in total. The summed E-state index contributed by atoms with van der Waals surface area (Å²) in [5.74, 6) is 1.42. The highest BCUT2D eigenvalue weighted by Crippen LogP contribution is 2.16. The molecule has 4 heteroatoms. The molecule has 0 N–H and O–H groups in total. The average molecular weight is 271 g/mol. The summed E-state index contributed by atoms with van der Waals surface area (Å²) < 4.78 is 6.09. The van der Waals surface area contributed by atoms with E-state index in [-0.39, 0.29) is 0 Å². The molecule has 0 radical (unpaired) electrons. The molecule has 82 valence electrons. The van der Waals surface area contributed by atoms with Gasteiger partial charge in [0.05, 0.1) is 6.61 Å². The number of hydrogen-bond donors (Lipinski definition) is 0. The lowest BCUT2D eigenvalue weighted by Gasteiger charge is -2.07. The zero-order valence-electron chi connectivity index (χ0n) is 9.09. The van der Waals surface area contributed by atoms with Crippen molar-refractivity contribution in [3.05, 3.63) is 28.8 Å². The second-order valence-corrected chi connectivity index (χ2v) is 3.91. The molecule has 1 heterocycles. The molecule has 1 rings (SSSR count). The van der Waals surface area contributed by atoms with Gasteiger partial charge >= 0.3 is 0 Å². The first kappa shape index (κ1) is 12.2. The fraction of sp³-hybridized carbons (Fsp3) is 0.455. The van der Waals surface area contributed by atoms with Crippen LogP contribution in [0.4, 0.5) is 0 Å². The molecule has 0 atom stereocenters. The number of aryl methyl sites for hydroxylation is 1. The van der Waals surface area contributed by atoms with E-state index < -0.39 is 0 Å². The number of ether oxygens (including phenoxy) is 1. The lowest BCUT2D eigenvalue weighted by atomic mass is 10.3. The van der Waals surface area contributed by atoms with Gasteiger partial charge in [-0.05, 0) is 29.3 Å². The van der Waals surface area contributed by atoms with Crippen LogP contribution < -0.4 is 0 Å². The highest BCUT2D eigenvalue weighted by atomic mass is 79.9. The monoisotopic (exact) mass is 270 g/mol. The van der Waals surface area contributed by atoms with Crippen molar-refractivity contribution in [1.82, 2.24) is 9.97 Å². The Balaban J connectivity index is 2.92. The summed E-state index contributed by atoms with van der Waals surface area (Å²) in [4.78, 5) is 8.65. The molecule has 0 amide bonds. The van der Waals surface area contributed by atoms with Gasteiger partial charge < -0.3 is 4.74 Å². The van der Waals surface area contributed by atoms with E-state index in [0.717, 1.165) is 29.0 Å². The summed E-state index contributed by atoms with van der Waals surface area (Å²) in [7, 11) is 0. The van der Waals surface area contributed by atoms with Gasteiger partial charge in [-0.2, -0.15) is 0 Å². The van der Waals surface area contributed by atoms with Crippen LogP contribution in [0.25, 0.3) is 5.76 Å². The van der Waals surface area contributed by atoms with E-state index in [4.69, 9.17) is 4.74 Å². The summed E-state index contributed by atoms with van der Waals surface area (Å²) in [5.41, 5.74) is 0.752. The number of aromatic nitrogens is 2. The Bertz CT molecular complexity index is 352. The van der Waals surface area contributed by atoms with E-state index in [2.05, 4.69) is 39.4 Å². The Morgan fingerprint density at radius 1 is 1.47 bits per heavy atom. The molecule has 0 fully saturated rings. The van der Waals surface area contributed by atoms with E-state index in [1.807, 2.05) is 13.0 Å². The molecule has 0 aliphatic rings. The third-order valence-electron chi connectivity index (χ3n) is 1.82. The van der Waals surface area contributed by atoms with Crippen LogP contribution in [-0.4, -0.2) is 16.6 Å². The van der Waals surface area contributed by atoms with Crippen molar-refractivity contribution in [2.45, 2.75) is 26.7 Å². The van der Waals surface area contributed by atoms with Gasteiger partial charge in [-0.3, -0.25) is 0 Å². The maximum Gasteiger partial charge on any atom is 0.137 e. The summed E-state index contributed by atoms with van der Waals surface area (Å²) in [6.45, 7) is 8.45. The smallest absolute Gasteiger partial charge is 0.137 e. The molecule has 0 aliphatic carbocycles. The lowest BCUT2D eigenvalue weighted by Crippen LogP contribution is -2.01. The van der Waals surface area contributed by atoms with E-state index >= 15 is 0 Å². The predicted octanol–water partition coefficient (Wildman–Crippen LogP) is 3.20. The van der Waals surface area contributed by atoms with Crippen LogP contribution in [0.3, 0.4) is 0 Å². The molecule has 0 spiro atoms. The van der Waals surface area contributed by atoms with Gasteiger partial charge in [-0.15, -0.1) is 0 Å². The van der Waals surface area contributed by atoms with E-state index in [9.17, 15) is 0 Å². The van der Waals surface area contributed by atoms with Crippen LogP contribution in [0.15, 0.2) is 17.2 Å². The predicted molar refractivity (Wildman–Crippen MR) is 64.4 cm³/mol. The van der Waals surface area contributed by atoms with Crippen molar-refractivity contribution in [2.24, 2.45) is 0 Å². The molecule has 0 bridgehead atoms. The van der Waals surface area contributed by atoms with Gasteiger partial charge in [0.15, 0.2) is 0 Å². The standard InChI is InChI=1S/C11H15BrN2O/c1-4-6-11-13-9(7-10(12)14-11)8(3)15-5-2/h7H,3-6H2,1-2H3. The van der Waals surface area contributed by atoms with Crippen LogP contribution >= 0.6 is 15.9 Å². The van der Waals surface area contributed by atoms with Gasteiger partial charge in [0.25, 0.3) is 0 Å². The summed E-state index contributed by atoms with van der Waals surface area (Å²) >= 11 is 3.35. The third kappa shape index (κ3) is 3.63. The van der Waals surface area contributed by atoms with E-state index in [1.54, 1.807) is 0 Å². The Kier molecular flexibility index (Phi) is 4.75. The second kappa shape index (κ2) is 5.85. The minimum Gasteiger partial charge on any atom is -0.492 e. The minimum absolute atomic E-state index is 0.595. The molecule has 15 heavy (non-hydrogen) atoms. The molecular weight excluding hydrogens is 256 g/mol. The number of nitrogens with zero attached hydrogens (tertiary/aromatic N) is 2. The van der Waals surface area contributed by atoms with Gasteiger partial charge in [-0.25, -0.2) is 9.97 Å². The highest BCUT2D eigenvalue weighted by Gasteiger charge is 2.06. The van der Waals surface area contributed by atoms with Crippen LogP contribution in [0.1, 0.15) is 31.8 Å². The van der Waals surface area contributed by atoms with E-state index in [1.165, 1.54) is 0 Å². The van der Waals surface area contributed by atoms with Gasteiger partial charge in [0, 0.05) is 12.5 Å². The molecule has 0 saturated carbocycles. The fourth-order valence-corrected chi connectivity index (χ4v) is 1.61. The molecule has 1 aromatic heterocycles.